The predicted octanol–water partition coefficient (Wildman–Crippen LogP) is 0.349. The lowest BCUT2D eigenvalue weighted by atomic mass is 10.1. The first kappa shape index (κ1) is 15.1. The zero-order chi connectivity index (χ0) is 14.3. The average Bonchev–Trinajstić information content (AvgIpc) is 2.39. The number of anilines is 1. The van der Waals surface area contributed by atoms with Gasteiger partial charge in [0.05, 0.1) is 23.9 Å². The first-order valence-corrected chi connectivity index (χ1v) is 5.99. The summed E-state index contributed by atoms with van der Waals surface area (Å²) in [4.78, 5) is 23.5. The van der Waals surface area contributed by atoms with Gasteiger partial charge < -0.3 is 21.1 Å². The monoisotopic (exact) mass is 265 g/mol. The third-order valence-electron chi connectivity index (χ3n) is 2.43. The van der Waals surface area contributed by atoms with Gasteiger partial charge in [0.1, 0.15) is 0 Å². The summed E-state index contributed by atoms with van der Waals surface area (Å²) in [5.41, 5.74) is 6.32. The van der Waals surface area contributed by atoms with Crippen molar-refractivity contribution in [2.75, 3.05) is 25.6 Å². The minimum Gasteiger partial charge on any atom is -0.383 e. The largest absolute Gasteiger partial charge is 0.383 e. The van der Waals surface area contributed by atoms with Crippen molar-refractivity contribution in [2.24, 2.45) is 5.73 Å². The van der Waals surface area contributed by atoms with E-state index < -0.39 is 6.04 Å². The fourth-order valence-corrected chi connectivity index (χ4v) is 1.40. The standard InChI is InChI=1S/C13H19N3O3/c1-9(14)12(17)16-11-6-4-3-5-10(11)13(18)15-7-8-19-2/h3-6,9H,7-8,14H2,1-2H3,(H,15,18)(H,16,17)/t9-/m0/s1. The molecule has 0 fully saturated rings. The molecule has 0 aliphatic carbocycles. The van der Waals surface area contributed by atoms with Crippen molar-refractivity contribution in [3.63, 3.8) is 0 Å². The van der Waals surface area contributed by atoms with E-state index in [0.717, 1.165) is 0 Å². The first-order chi connectivity index (χ1) is 9.06. The highest BCUT2D eigenvalue weighted by molar-refractivity contribution is 6.04. The second-order valence-electron chi connectivity index (χ2n) is 4.07. The van der Waals surface area contributed by atoms with Crippen LogP contribution in [0.15, 0.2) is 24.3 Å². The molecule has 1 rings (SSSR count). The van der Waals surface area contributed by atoms with Crippen LogP contribution >= 0.6 is 0 Å². The zero-order valence-electron chi connectivity index (χ0n) is 11.1. The van der Waals surface area contributed by atoms with Crippen molar-refractivity contribution in [1.29, 1.82) is 0 Å². The summed E-state index contributed by atoms with van der Waals surface area (Å²) in [7, 11) is 1.56. The quantitative estimate of drug-likeness (QED) is 0.647. The van der Waals surface area contributed by atoms with Crippen LogP contribution in [0.1, 0.15) is 17.3 Å². The molecule has 0 unspecified atom stereocenters. The van der Waals surface area contributed by atoms with Crippen LogP contribution in [0.5, 0.6) is 0 Å². The molecular formula is C13H19N3O3. The molecule has 19 heavy (non-hydrogen) atoms. The third-order valence-corrected chi connectivity index (χ3v) is 2.43. The molecule has 1 atom stereocenters. The predicted molar refractivity (Wildman–Crippen MR) is 72.9 cm³/mol. The Morgan fingerprint density at radius 2 is 2.05 bits per heavy atom. The number of hydrogen-bond acceptors (Lipinski definition) is 4. The molecule has 0 bridgehead atoms. The minimum atomic E-state index is -0.635. The molecule has 6 heteroatoms. The topological polar surface area (TPSA) is 93.5 Å². The molecule has 0 radical (unpaired) electrons. The number of rotatable bonds is 6. The Morgan fingerprint density at radius 3 is 2.68 bits per heavy atom. The van der Waals surface area contributed by atoms with Crippen LogP contribution in [0.3, 0.4) is 0 Å². The maximum atomic E-state index is 11.9. The fraction of sp³-hybridized carbons (Fsp3) is 0.385. The highest BCUT2D eigenvalue weighted by atomic mass is 16.5. The summed E-state index contributed by atoms with van der Waals surface area (Å²) in [5, 5.41) is 5.32. The van der Waals surface area contributed by atoms with Gasteiger partial charge in [0, 0.05) is 13.7 Å². The molecule has 104 valence electrons. The summed E-state index contributed by atoms with van der Waals surface area (Å²) in [6.45, 7) is 2.42. The van der Waals surface area contributed by atoms with Crippen LogP contribution in [-0.2, 0) is 9.53 Å². The van der Waals surface area contributed by atoms with Crippen LogP contribution in [-0.4, -0.2) is 38.1 Å². The molecule has 0 aliphatic heterocycles. The lowest BCUT2D eigenvalue weighted by Gasteiger charge is -2.12. The van der Waals surface area contributed by atoms with Gasteiger partial charge in [-0.2, -0.15) is 0 Å². The van der Waals surface area contributed by atoms with Gasteiger partial charge in [-0.1, -0.05) is 12.1 Å². The molecule has 1 aromatic rings. The van der Waals surface area contributed by atoms with E-state index in [4.69, 9.17) is 10.5 Å². The Bertz CT molecular complexity index is 447. The number of carbonyl (C=O) groups excluding carboxylic acids is 2. The van der Waals surface area contributed by atoms with Gasteiger partial charge in [-0.15, -0.1) is 0 Å². The van der Waals surface area contributed by atoms with E-state index in [9.17, 15) is 9.59 Å². The van der Waals surface area contributed by atoms with E-state index >= 15 is 0 Å². The molecule has 0 saturated heterocycles. The van der Waals surface area contributed by atoms with E-state index in [1.54, 1.807) is 38.3 Å². The van der Waals surface area contributed by atoms with Gasteiger partial charge in [-0.05, 0) is 19.1 Å². The van der Waals surface area contributed by atoms with E-state index in [2.05, 4.69) is 10.6 Å². The molecule has 0 saturated carbocycles. The maximum absolute atomic E-state index is 11.9. The van der Waals surface area contributed by atoms with Gasteiger partial charge in [0.15, 0.2) is 0 Å². The molecule has 6 nitrogen and oxygen atoms in total. The lowest BCUT2D eigenvalue weighted by molar-refractivity contribution is -0.117. The Morgan fingerprint density at radius 1 is 1.37 bits per heavy atom. The van der Waals surface area contributed by atoms with Gasteiger partial charge in [0.25, 0.3) is 5.91 Å². The molecule has 0 aromatic heterocycles. The highest BCUT2D eigenvalue weighted by Crippen LogP contribution is 2.14. The number of methoxy groups -OCH3 is 1. The summed E-state index contributed by atoms with van der Waals surface area (Å²) < 4.78 is 4.85. The van der Waals surface area contributed by atoms with Crippen molar-refractivity contribution in [3.05, 3.63) is 29.8 Å². The smallest absolute Gasteiger partial charge is 0.253 e. The molecule has 1 aromatic carbocycles. The lowest BCUT2D eigenvalue weighted by Crippen LogP contribution is -2.34. The molecule has 2 amide bonds. The SMILES string of the molecule is COCCNC(=O)c1ccccc1NC(=O)[C@H](C)N. The first-order valence-electron chi connectivity index (χ1n) is 5.99. The fourth-order valence-electron chi connectivity index (χ4n) is 1.40. The van der Waals surface area contributed by atoms with Gasteiger partial charge in [-0.25, -0.2) is 0 Å². The minimum absolute atomic E-state index is 0.266. The van der Waals surface area contributed by atoms with Gasteiger partial charge in [0.2, 0.25) is 5.91 Å². The maximum Gasteiger partial charge on any atom is 0.253 e. The Labute approximate surface area is 112 Å². The van der Waals surface area contributed by atoms with E-state index in [1.165, 1.54) is 0 Å². The average molecular weight is 265 g/mol. The second kappa shape index (κ2) is 7.50. The second-order valence-corrected chi connectivity index (χ2v) is 4.07. The van der Waals surface area contributed by atoms with Crippen LogP contribution in [0.4, 0.5) is 5.69 Å². The van der Waals surface area contributed by atoms with Gasteiger partial charge >= 0.3 is 0 Å². The van der Waals surface area contributed by atoms with Crippen molar-refractivity contribution in [3.8, 4) is 0 Å². The Hall–Kier alpha value is -1.92. The Kier molecular flexibility index (Phi) is 5.98. The molecular weight excluding hydrogens is 246 g/mol. The van der Waals surface area contributed by atoms with Crippen LogP contribution in [0, 0.1) is 0 Å². The summed E-state index contributed by atoms with van der Waals surface area (Å²) in [6.07, 6.45) is 0. The van der Waals surface area contributed by atoms with Crippen molar-refractivity contribution >= 4 is 17.5 Å². The number of para-hydroxylation sites is 1. The summed E-state index contributed by atoms with van der Waals surface area (Å²) in [5.74, 6) is -0.602. The number of hydrogen-bond donors (Lipinski definition) is 3. The number of nitrogens with one attached hydrogen (secondary N) is 2. The van der Waals surface area contributed by atoms with E-state index in [1.807, 2.05) is 0 Å². The zero-order valence-corrected chi connectivity index (χ0v) is 11.1. The van der Waals surface area contributed by atoms with E-state index in [-0.39, 0.29) is 11.8 Å². The van der Waals surface area contributed by atoms with Crippen LogP contribution in [0.2, 0.25) is 0 Å². The summed E-state index contributed by atoms with van der Waals surface area (Å²) in [6, 6.07) is 6.13. The molecule has 0 heterocycles. The van der Waals surface area contributed by atoms with E-state index in [0.29, 0.717) is 24.4 Å². The number of ether oxygens (including phenoxy) is 1. The number of nitrogens with two attached hydrogens (primary N) is 1. The summed E-state index contributed by atoms with van der Waals surface area (Å²) >= 11 is 0. The number of amides is 2. The number of carbonyl (C=O) groups is 2. The Balaban J connectivity index is 2.77. The highest BCUT2D eigenvalue weighted by Gasteiger charge is 2.14. The van der Waals surface area contributed by atoms with Crippen molar-refractivity contribution < 1.29 is 14.3 Å². The normalized spacial score (nSPS) is 11.7. The van der Waals surface area contributed by atoms with Crippen molar-refractivity contribution in [2.45, 2.75) is 13.0 Å². The van der Waals surface area contributed by atoms with Crippen molar-refractivity contribution in [1.82, 2.24) is 5.32 Å². The molecule has 0 aliphatic rings. The van der Waals surface area contributed by atoms with Crippen LogP contribution in [0.25, 0.3) is 0 Å². The molecule has 0 spiro atoms. The number of benzene rings is 1. The molecule has 4 N–H and O–H groups in total. The van der Waals surface area contributed by atoms with Crippen LogP contribution < -0.4 is 16.4 Å². The van der Waals surface area contributed by atoms with Gasteiger partial charge in [-0.3, -0.25) is 9.59 Å². The third kappa shape index (κ3) is 4.69.